The lowest BCUT2D eigenvalue weighted by molar-refractivity contribution is -0.118. The molecule has 1 rings (SSSR count). The van der Waals surface area contributed by atoms with E-state index in [1.54, 1.807) is 0 Å². The number of primary amides is 1. The van der Waals surface area contributed by atoms with E-state index in [0.29, 0.717) is 6.42 Å². The number of carbonyl (C=O) groups is 1. The maximum absolute atomic E-state index is 10.5. The maximum Gasteiger partial charge on any atom is 0.217 e. The van der Waals surface area contributed by atoms with E-state index in [1.807, 2.05) is 19.1 Å². The van der Waals surface area contributed by atoms with Crippen LogP contribution in [-0.2, 0) is 11.2 Å². The summed E-state index contributed by atoms with van der Waals surface area (Å²) in [6.07, 6.45) is 3.27. The zero-order valence-corrected chi connectivity index (χ0v) is 9.12. The predicted molar refractivity (Wildman–Crippen MR) is 62.3 cm³/mol. The third kappa shape index (κ3) is 3.62. The van der Waals surface area contributed by atoms with Gasteiger partial charge >= 0.3 is 0 Å². The number of rotatable bonds is 5. The molecular weight excluding hydrogens is 188 g/mol. The second kappa shape index (κ2) is 5.39. The van der Waals surface area contributed by atoms with Crippen molar-refractivity contribution in [3.63, 3.8) is 0 Å². The number of anilines is 1. The van der Waals surface area contributed by atoms with Gasteiger partial charge in [0, 0.05) is 12.1 Å². The molecule has 0 aliphatic heterocycles. The summed E-state index contributed by atoms with van der Waals surface area (Å²) in [6.45, 7) is 2.03. The number of amides is 1. The molecule has 0 unspecified atom stereocenters. The van der Waals surface area contributed by atoms with Gasteiger partial charge in [-0.2, -0.15) is 0 Å². The van der Waals surface area contributed by atoms with Crippen molar-refractivity contribution in [2.45, 2.75) is 32.6 Å². The molecule has 4 N–H and O–H groups in total. The van der Waals surface area contributed by atoms with Crippen LogP contribution in [0.5, 0.6) is 0 Å². The van der Waals surface area contributed by atoms with Crippen LogP contribution in [-0.4, -0.2) is 5.91 Å². The molecule has 0 bridgehead atoms. The van der Waals surface area contributed by atoms with E-state index in [9.17, 15) is 4.79 Å². The highest BCUT2D eigenvalue weighted by atomic mass is 16.1. The van der Waals surface area contributed by atoms with Crippen molar-refractivity contribution in [3.8, 4) is 0 Å². The Morgan fingerprint density at radius 1 is 1.33 bits per heavy atom. The van der Waals surface area contributed by atoms with Gasteiger partial charge in [-0.15, -0.1) is 0 Å². The number of hydrogen-bond donors (Lipinski definition) is 2. The lowest BCUT2D eigenvalue weighted by Crippen LogP contribution is -2.09. The zero-order chi connectivity index (χ0) is 11.3. The molecular formula is C12H18N2O. The number of unbranched alkanes of at least 4 members (excludes halogenated alkanes) is 1. The van der Waals surface area contributed by atoms with Crippen molar-refractivity contribution in [2.75, 3.05) is 5.73 Å². The minimum Gasteiger partial charge on any atom is -0.399 e. The van der Waals surface area contributed by atoms with Crippen LogP contribution in [0.15, 0.2) is 18.2 Å². The fourth-order valence-corrected chi connectivity index (χ4v) is 1.59. The van der Waals surface area contributed by atoms with E-state index in [2.05, 4.69) is 6.07 Å². The molecule has 1 amide bonds. The molecule has 3 heteroatoms. The first-order chi connectivity index (χ1) is 7.11. The second-order valence-corrected chi connectivity index (χ2v) is 3.80. The summed E-state index contributed by atoms with van der Waals surface area (Å²) in [7, 11) is 0. The lowest BCUT2D eigenvalue weighted by Gasteiger charge is -2.07. The first kappa shape index (κ1) is 11.6. The number of carbonyl (C=O) groups excluding carboxylic acids is 1. The molecule has 1 aromatic rings. The van der Waals surface area contributed by atoms with Crippen molar-refractivity contribution in [3.05, 3.63) is 29.3 Å². The van der Waals surface area contributed by atoms with Crippen molar-refractivity contribution in [1.82, 2.24) is 0 Å². The highest BCUT2D eigenvalue weighted by Crippen LogP contribution is 2.17. The Morgan fingerprint density at radius 3 is 2.73 bits per heavy atom. The van der Waals surface area contributed by atoms with E-state index in [0.717, 1.165) is 30.5 Å². The average Bonchev–Trinajstić information content (AvgIpc) is 2.18. The van der Waals surface area contributed by atoms with Gasteiger partial charge in [0.05, 0.1) is 0 Å². The molecule has 0 radical (unpaired) electrons. The quantitative estimate of drug-likeness (QED) is 0.569. The SMILES string of the molecule is Cc1c(N)cccc1CCCCC(N)=O. The van der Waals surface area contributed by atoms with Gasteiger partial charge in [-0.05, 0) is 43.4 Å². The Kier molecular flexibility index (Phi) is 4.16. The van der Waals surface area contributed by atoms with Crippen molar-refractivity contribution in [2.24, 2.45) is 5.73 Å². The summed E-state index contributed by atoms with van der Waals surface area (Å²) in [5.41, 5.74) is 14.1. The van der Waals surface area contributed by atoms with Gasteiger partial charge in [-0.3, -0.25) is 4.79 Å². The van der Waals surface area contributed by atoms with Crippen LogP contribution >= 0.6 is 0 Å². The molecule has 0 spiro atoms. The highest BCUT2D eigenvalue weighted by molar-refractivity contribution is 5.73. The van der Waals surface area contributed by atoms with Crippen LogP contribution in [0.2, 0.25) is 0 Å². The lowest BCUT2D eigenvalue weighted by atomic mass is 10.0. The van der Waals surface area contributed by atoms with Gasteiger partial charge in [0.25, 0.3) is 0 Å². The first-order valence-electron chi connectivity index (χ1n) is 5.23. The summed E-state index contributed by atoms with van der Waals surface area (Å²) in [4.78, 5) is 10.5. The topological polar surface area (TPSA) is 69.1 Å². The molecule has 0 atom stereocenters. The fourth-order valence-electron chi connectivity index (χ4n) is 1.59. The van der Waals surface area contributed by atoms with Gasteiger partial charge < -0.3 is 11.5 Å². The average molecular weight is 206 g/mol. The van der Waals surface area contributed by atoms with E-state index in [1.165, 1.54) is 5.56 Å². The van der Waals surface area contributed by atoms with Crippen LogP contribution in [0, 0.1) is 6.92 Å². The zero-order valence-electron chi connectivity index (χ0n) is 9.12. The number of nitrogen functional groups attached to an aromatic ring is 1. The van der Waals surface area contributed by atoms with Gasteiger partial charge in [0.2, 0.25) is 5.91 Å². The predicted octanol–water partition coefficient (Wildman–Crippen LogP) is 1.78. The summed E-state index contributed by atoms with van der Waals surface area (Å²) in [5.74, 6) is -0.223. The Hall–Kier alpha value is -1.51. The van der Waals surface area contributed by atoms with E-state index in [4.69, 9.17) is 11.5 Å². The summed E-state index contributed by atoms with van der Waals surface area (Å²) in [5, 5.41) is 0. The molecule has 15 heavy (non-hydrogen) atoms. The Bertz CT molecular complexity index is 347. The standard InChI is InChI=1S/C12H18N2O/c1-9-10(6-4-7-11(9)13)5-2-3-8-12(14)15/h4,6-7H,2-3,5,8,13H2,1H3,(H2,14,15). The van der Waals surface area contributed by atoms with Crippen molar-refractivity contribution >= 4 is 11.6 Å². The molecule has 0 aliphatic rings. The van der Waals surface area contributed by atoms with Crippen LogP contribution in [0.4, 0.5) is 5.69 Å². The van der Waals surface area contributed by atoms with Crippen molar-refractivity contribution < 1.29 is 4.79 Å². The normalized spacial score (nSPS) is 10.2. The monoisotopic (exact) mass is 206 g/mol. The molecule has 0 aliphatic carbocycles. The minimum atomic E-state index is -0.223. The number of aryl methyl sites for hydroxylation is 1. The molecule has 1 aromatic carbocycles. The Balaban J connectivity index is 2.44. The van der Waals surface area contributed by atoms with Gasteiger partial charge in [-0.25, -0.2) is 0 Å². The molecule has 0 saturated heterocycles. The molecule has 0 saturated carbocycles. The molecule has 0 fully saturated rings. The third-order valence-electron chi connectivity index (χ3n) is 2.61. The summed E-state index contributed by atoms with van der Waals surface area (Å²) >= 11 is 0. The first-order valence-corrected chi connectivity index (χ1v) is 5.23. The maximum atomic E-state index is 10.5. The van der Waals surface area contributed by atoms with E-state index < -0.39 is 0 Å². The molecule has 0 aromatic heterocycles. The van der Waals surface area contributed by atoms with Crippen LogP contribution < -0.4 is 11.5 Å². The van der Waals surface area contributed by atoms with E-state index in [-0.39, 0.29) is 5.91 Å². The molecule has 82 valence electrons. The number of hydrogen-bond acceptors (Lipinski definition) is 2. The summed E-state index contributed by atoms with van der Waals surface area (Å²) in [6, 6.07) is 5.95. The Labute approximate surface area is 90.5 Å². The van der Waals surface area contributed by atoms with E-state index >= 15 is 0 Å². The largest absolute Gasteiger partial charge is 0.399 e. The van der Waals surface area contributed by atoms with Crippen LogP contribution in [0.25, 0.3) is 0 Å². The fraction of sp³-hybridized carbons (Fsp3) is 0.417. The number of nitrogens with two attached hydrogens (primary N) is 2. The van der Waals surface area contributed by atoms with Crippen LogP contribution in [0.1, 0.15) is 30.4 Å². The second-order valence-electron chi connectivity index (χ2n) is 3.80. The van der Waals surface area contributed by atoms with Crippen LogP contribution in [0.3, 0.4) is 0 Å². The minimum absolute atomic E-state index is 0.223. The van der Waals surface area contributed by atoms with Gasteiger partial charge in [0.15, 0.2) is 0 Å². The third-order valence-corrected chi connectivity index (χ3v) is 2.61. The number of benzene rings is 1. The summed E-state index contributed by atoms with van der Waals surface area (Å²) < 4.78 is 0. The van der Waals surface area contributed by atoms with Gasteiger partial charge in [-0.1, -0.05) is 12.1 Å². The molecule has 3 nitrogen and oxygen atoms in total. The highest BCUT2D eigenvalue weighted by Gasteiger charge is 2.01. The molecule has 0 heterocycles. The van der Waals surface area contributed by atoms with Crippen molar-refractivity contribution in [1.29, 1.82) is 0 Å². The smallest absolute Gasteiger partial charge is 0.217 e. The van der Waals surface area contributed by atoms with Gasteiger partial charge in [0.1, 0.15) is 0 Å². The Morgan fingerprint density at radius 2 is 2.07 bits per heavy atom.